The van der Waals surface area contributed by atoms with Crippen molar-refractivity contribution in [1.29, 1.82) is 5.41 Å². The third kappa shape index (κ3) is 5.39. The molecule has 0 amide bonds. The predicted molar refractivity (Wildman–Crippen MR) is 44.7 cm³/mol. The van der Waals surface area contributed by atoms with E-state index < -0.39 is 0 Å². The second kappa shape index (κ2) is 5.70. The van der Waals surface area contributed by atoms with Crippen LogP contribution in [0.25, 0.3) is 0 Å². The van der Waals surface area contributed by atoms with Crippen LogP contribution in [-0.2, 0) is 4.79 Å². The lowest BCUT2D eigenvalue weighted by Crippen LogP contribution is -2.34. The molecule has 0 aliphatic heterocycles. The Morgan fingerprint density at radius 2 is 2.18 bits per heavy atom. The average Bonchev–Trinajstić information content (AvgIpc) is 2.04. The Kier molecular flexibility index (Phi) is 5.15. The molecule has 0 aliphatic carbocycles. The molecule has 0 aromatic carbocycles. The molecule has 0 atom stereocenters. The van der Waals surface area contributed by atoms with E-state index in [-0.39, 0.29) is 11.7 Å². The summed E-state index contributed by atoms with van der Waals surface area (Å²) in [4.78, 5) is 10.8. The van der Waals surface area contributed by atoms with Crippen molar-refractivity contribution < 1.29 is 4.79 Å². The van der Waals surface area contributed by atoms with Crippen molar-refractivity contribution in [1.82, 2.24) is 10.6 Å². The monoisotopic (exact) mass is 157 g/mol. The SMILES string of the molecule is CCC(=O)CCNC(=N)NC. The molecule has 0 saturated carbocycles. The zero-order valence-electron chi connectivity index (χ0n) is 7.03. The molecule has 4 heteroatoms. The lowest BCUT2D eigenvalue weighted by molar-refractivity contribution is -0.118. The largest absolute Gasteiger partial charge is 0.360 e. The van der Waals surface area contributed by atoms with Gasteiger partial charge in [-0.15, -0.1) is 0 Å². The standard InChI is InChI=1S/C7H15N3O/c1-3-6(11)4-5-10-7(8)9-2/h3-5H2,1-2H3,(H3,8,9,10). The summed E-state index contributed by atoms with van der Waals surface area (Å²) in [7, 11) is 1.66. The molecule has 4 nitrogen and oxygen atoms in total. The van der Waals surface area contributed by atoms with Gasteiger partial charge in [0, 0.05) is 26.4 Å². The van der Waals surface area contributed by atoms with Crippen molar-refractivity contribution in [2.45, 2.75) is 19.8 Å². The first-order chi connectivity index (χ1) is 5.20. The van der Waals surface area contributed by atoms with E-state index in [1.165, 1.54) is 0 Å². The number of ketones is 1. The lowest BCUT2D eigenvalue weighted by Gasteiger charge is -2.04. The van der Waals surface area contributed by atoms with Gasteiger partial charge >= 0.3 is 0 Å². The van der Waals surface area contributed by atoms with E-state index >= 15 is 0 Å². The summed E-state index contributed by atoms with van der Waals surface area (Å²) in [5.41, 5.74) is 0. The second-order valence-electron chi connectivity index (χ2n) is 2.19. The van der Waals surface area contributed by atoms with Gasteiger partial charge in [-0.25, -0.2) is 0 Å². The van der Waals surface area contributed by atoms with E-state index in [0.29, 0.717) is 19.4 Å². The van der Waals surface area contributed by atoms with Crippen LogP contribution in [-0.4, -0.2) is 25.3 Å². The van der Waals surface area contributed by atoms with Gasteiger partial charge in [0.15, 0.2) is 5.96 Å². The van der Waals surface area contributed by atoms with Crippen LogP contribution in [0.5, 0.6) is 0 Å². The smallest absolute Gasteiger partial charge is 0.188 e. The van der Waals surface area contributed by atoms with Crippen molar-refractivity contribution in [3.63, 3.8) is 0 Å². The predicted octanol–water partition coefficient (Wildman–Crippen LogP) is 0.0994. The molecule has 0 aromatic heterocycles. The highest BCUT2D eigenvalue weighted by Gasteiger charge is 1.97. The molecule has 0 bridgehead atoms. The first-order valence-corrected chi connectivity index (χ1v) is 3.72. The van der Waals surface area contributed by atoms with Crippen LogP contribution in [0.1, 0.15) is 19.8 Å². The van der Waals surface area contributed by atoms with Crippen LogP contribution in [0.3, 0.4) is 0 Å². The number of hydrogen-bond acceptors (Lipinski definition) is 2. The fraction of sp³-hybridized carbons (Fsp3) is 0.714. The molecule has 0 radical (unpaired) electrons. The molecule has 0 aliphatic rings. The van der Waals surface area contributed by atoms with E-state index in [1.54, 1.807) is 7.05 Å². The number of rotatable bonds is 4. The Hall–Kier alpha value is -1.06. The van der Waals surface area contributed by atoms with Crippen LogP contribution >= 0.6 is 0 Å². The molecule has 3 N–H and O–H groups in total. The molecule has 64 valence electrons. The Balaban J connectivity index is 3.27. The molecule has 0 aromatic rings. The zero-order valence-corrected chi connectivity index (χ0v) is 7.03. The number of guanidine groups is 1. The van der Waals surface area contributed by atoms with Gasteiger partial charge < -0.3 is 10.6 Å². The Bertz CT molecular complexity index is 129. The summed E-state index contributed by atoms with van der Waals surface area (Å²) in [6.07, 6.45) is 1.08. The van der Waals surface area contributed by atoms with E-state index in [2.05, 4.69) is 10.6 Å². The van der Waals surface area contributed by atoms with E-state index in [0.717, 1.165) is 0 Å². The summed E-state index contributed by atoms with van der Waals surface area (Å²) in [6, 6.07) is 0. The Morgan fingerprint density at radius 1 is 1.55 bits per heavy atom. The maximum atomic E-state index is 10.8. The normalized spacial score (nSPS) is 8.91. The van der Waals surface area contributed by atoms with Crippen LogP contribution < -0.4 is 10.6 Å². The number of Topliss-reactive ketones (excluding diaryl/α,β-unsaturated/α-hetero) is 1. The zero-order chi connectivity index (χ0) is 8.69. The molecule has 0 fully saturated rings. The third-order valence-electron chi connectivity index (χ3n) is 1.35. The summed E-state index contributed by atoms with van der Waals surface area (Å²) >= 11 is 0. The molecule has 0 unspecified atom stereocenters. The van der Waals surface area contributed by atoms with Gasteiger partial charge in [-0.1, -0.05) is 6.92 Å². The topological polar surface area (TPSA) is 65.0 Å². The van der Waals surface area contributed by atoms with E-state index in [4.69, 9.17) is 5.41 Å². The van der Waals surface area contributed by atoms with Gasteiger partial charge in [-0.05, 0) is 0 Å². The third-order valence-corrected chi connectivity index (χ3v) is 1.35. The minimum Gasteiger partial charge on any atom is -0.360 e. The van der Waals surface area contributed by atoms with Gasteiger partial charge in [0.2, 0.25) is 0 Å². The molecule has 0 spiro atoms. The van der Waals surface area contributed by atoms with Crippen LogP contribution in [0, 0.1) is 5.41 Å². The lowest BCUT2D eigenvalue weighted by atomic mass is 10.2. The van der Waals surface area contributed by atoms with E-state index in [1.807, 2.05) is 6.92 Å². The number of hydrogen-bond donors (Lipinski definition) is 3. The number of carbonyl (C=O) groups excluding carboxylic acids is 1. The van der Waals surface area contributed by atoms with Crippen molar-refractivity contribution in [3.8, 4) is 0 Å². The van der Waals surface area contributed by atoms with Crippen molar-refractivity contribution >= 4 is 11.7 Å². The fourth-order valence-corrected chi connectivity index (χ4v) is 0.592. The fourth-order valence-electron chi connectivity index (χ4n) is 0.592. The van der Waals surface area contributed by atoms with Gasteiger partial charge in [-0.2, -0.15) is 0 Å². The average molecular weight is 157 g/mol. The van der Waals surface area contributed by atoms with Gasteiger partial charge in [0.1, 0.15) is 5.78 Å². The first kappa shape index (κ1) is 9.94. The van der Waals surface area contributed by atoms with Crippen molar-refractivity contribution in [2.75, 3.05) is 13.6 Å². The molecular weight excluding hydrogens is 142 g/mol. The summed E-state index contributed by atoms with van der Waals surface area (Å²) in [5, 5.41) is 12.5. The summed E-state index contributed by atoms with van der Waals surface area (Å²) < 4.78 is 0. The van der Waals surface area contributed by atoms with Gasteiger partial charge in [0.05, 0.1) is 0 Å². The summed E-state index contributed by atoms with van der Waals surface area (Å²) in [5.74, 6) is 0.482. The first-order valence-electron chi connectivity index (χ1n) is 3.72. The molecule has 0 rings (SSSR count). The van der Waals surface area contributed by atoms with Crippen molar-refractivity contribution in [2.24, 2.45) is 0 Å². The highest BCUT2D eigenvalue weighted by atomic mass is 16.1. The molecule has 0 heterocycles. The minimum atomic E-state index is 0.224. The maximum absolute atomic E-state index is 10.8. The molecular formula is C7H15N3O. The van der Waals surface area contributed by atoms with E-state index in [9.17, 15) is 4.79 Å². The Morgan fingerprint density at radius 3 is 2.64 bits per heavy atom. The highest BCUT2D eigenvalue weighted by Crippen LogP contribution is 1.85. The highest BCUT2D eigenvalue weighted by molar-refractivity contribution is 5.80. The maximum Gasteiger partial charge on any atom is 0.188 e. The van der Waals surface area contributed by atoms with Crippen LogP contribution in [0.4, 0.5) is 0 Å². The number of carbonyl (C=O) groups is 1. The number of nitrogens with one attached hydrogen (secondary N) is 3. The molecule has 11 heavy (non-hydrogen) atoms. The second-order valence-corrected chi connectivity index (χ2v) is 2.19. The molecule has 0 saturated heterocycles. The van der Waals surface area contributed by atoms with Crippen LogP contribution in [0.2, 0.25) is 0 Å². The summed E-state index contributed by atoms with van der Waals surface area (Å²) in [6.45, 7) is 2.39. The van der Waals surface area contributed by atoms with Gasteiger partial charge in [-0.3, -0.25) is 10.2 Å². The van der Waals surface area contributed by atoms with Crippen LogP contribution in [0.15, 0.2) is 0 Å². The Labute approximate surface area is 66.9 Å². The van der Waals surface area contributed by atoms with Gasteiger partial charge in [0.25, 0.3) is 0 Å². The van der Waals surface area contributed by atoms with Crippen molar-refractivity contribution in [3.05, 3.63) is 0 Å². The quantitative estimate of drug-likeness (QED) is 0.400. The minimum absolute atomic E-state index is 0.224.